The summed E-state index contributed by atoms with van der Waals surface area (Å²) in [4.78, 5) is 0. The van der Waals surface area contributed by atoms with Crippen molar-refractivity contribution in [1.82, 2.24) is 5.32 Å². The number of aliphatic hydroxyl groups excluding tert-OH is 1. The van der Waals surface area contributed by atoms with Crippen LogP contribution in [0.25, 0.3) is 0 Å². The second-order valence-electron chi connectivity index (χ2n) is 3.52. The Hall–Kier alpha value is -0.860. The first-order chi connectivity index (χ1) is 6.81. The average molecular weight is 193 g/mol. The number of benzene rings is 1. The lowest BCUT2D eigenvalue weighted by molar-refractivity contribution is 0.251. The second kappa shape index (κ2) is 5.78. The predicted molar refractivity (Wildman–Crippen MR) is 59.3 cm³/mol. The maximum absolute atomic E-state index is 9.09. The summed E-state index contributed by atoms with van der Waals surface area (Å²) in [5.74, 6) is 0. The Morgan fingerprint density at radius 1 is 1.29 bits per heavy atom. The zero-order valence-corrected chi connectivity index (χ0v) is 8.96. The summed E-state index contributed by atoms with van der Waals surface area (Å²) in [6.45, 7) is 2.32. The molecule has 0 saturated heterocycles. The van der Waals surface area contributed by atoms with Crippen LogP contribution in [-0.2, 0) is 6.42 Å². The van der Waals surface area contributed by atoms with Crippen molar-refractivity contribution in [2.45, 2.75) is 25.8 Å². The SMILES string of the molecule is CCCc1ccc(C(CO)NC)cc1. The highest BCUT2D eigenvalue weighted by atomic mass is 16.3. The van der Waals surface area contributed by atoms with E-state index in [9.17, 15) is 0 Å². The fourth-order valence-corrected chi connectivity index (χ4v) is 1.57. The molecule has 78 valence electrons. The van der Waals surface area contributed by atoms with Gasteiger partial charge in [-0.2, -0.15) is 0 Å². The number of nitrogens with one attached hydrogen (secondary N) is 1. The van der Waals surface area contributed by atoms with E-state index in [1.54, 1.807) is 0 Å². The van der Waals surface area contributed by atoms with Crippen molar-refractivity contribution in [2.24, 2.45) is 0 Å². The van der Waals surface area contributed by atoms with Crippen molar-refractivity contribution in [3.63, 3.8) is 0 Å². The first kappa shape index (κ1) is 11.2. The molecule has 2 N–H and O–H groups in total. The smallest absolute Gasteiger partial charge is 0.0626 e. The number of likely N-dealkylation sites (N-methyl/N-ethyl adjacent to an activating group) is 1. The van der Waals surface area contributed by atoms with Crippen molar-refractivity contribution in [2.75, 3.05) is 13.7 Å². The summed E-state index contributed by atoms with van der Waals surface area (Å²) >= 11 is 0. The molecule has 0 spiro atoms. The third-order valence-electron chi connectivity index (χ3n) is 2.45. The van der Waals surface area contributed by atoms with E-state index in [1.165, 1.54) is 12.0 Å². The van der Waals surface area contributed by atoms with Gasteiger partial charge >= 0.3 is 0 Å². The Labute approximate surface area is 86.0 Å². The Bertz CT molecular complexity index is 252. The summed E-state index contributed by atoms with van der Waals surface area (Å²) in [5, 5.41) is 12.2. The van der Waals surface area contributed by atoms with E-state index in [-0.39, 0.29) is 12.6 Å². The molecule has 1 rings (SSSR count). The number of aliphatic hydroxyl groups is 1. The molecule has 0 saturated carbocycles. The van der Waals surface area contributed by atoms with Gasteiger partial charge in [-0.25, -0.2) is 0 Å². The fraction of sp³-hybridized carbons (Fsp3) is 0.500. The summed E-state index contributed by atoms with van der Waals surface area (Å²) < 4.78 is 0. The van der Waals surface area contributed by atoms with Crippen LogP contribution in [-0.4, -0.2) is 18.8 Å². The topological polar surface area (TPSA) is 32.3 Å². The molecule has 1 unspecified atom stereocenters. The van der Waals surface area contributed by atoms with E-state index in [0.29, 0.717) is 0 Å². The molecule has 0 aliphatic carbocycles. The van der Waals surface area contributed by atoms with E-state index in [2.05, 4.69) is 36.5 Å². The van der Waals surface area contributed by atoms with Gasteiger partial charge in [-0.15, -0.1) is 0 Å². The molecule has 0 radical (unpaired) electrons. The van der Waals surface area contributed by atoms with Crippen molar-refractivity contribution < 1.29 is 5.11 Å². The van der Waals surface area contributed by atoms with Gasteiger partial charge in [-0.1, -0.05) is 37.6 Å². The Balaban J connectivity index is 2.71. The molecular weight excluding hydrogens is 174 g/mol. The molecular formula is C12H19NO. The highest BCUT2D eigenvalue weighted by molar-refractivity contribution is 5.25. The molecule has 1 aromatic carbocycles. The van der Waals surface area contributed by atoms with Crippen LogP contribution in [0.3, 0.4) is 0 Å². The first-order valence-electron chi connectivity index (χ1n) is 5.18. The molecule has 2 heteroatoms. The molecule has 0 aromatic heterocycles. The highest BCUT2D eigenvalue weighted by Crippen LogP contribution is 2.13. The molecule has 1 aromatic rings. The van der Waals surface area contributed by atoms with Crippen LogP contribution in [0.4, 0.5) is 0 Å². The van der Waals surface area contributed by atoms with E-state index >= 15 is 0 Å². The quantitative estimate of drug-likeness (QED) is 0.748. The van der Waals surface area contributed by atoms with Crippen molar-refractivity contribution in [1.29, 1.82) is 0 Å². The average Bonchev–Trinajstić information content (AvgIpc) is 2.23. The zero-order chi connectivity index (χ0) is 10.4. The van der Waals surface area contributed by atoms with E-state index in [1.807, 2.05) is 7.05 Å². The molecule has 14 heavy (non-hydrogen) atoms. The minimum Gasteiger partial charge on any atom is -0.394 e. The van der Waals surface area contributed by atoms with Gasteiger partial charge in [-0.05, 0) is 24.6 Å². The summed E-state index contributed by atoms with van der Waals surface area (Å²) in [6, 6.07) is 8.51. The van der Waals surface area contributed by atoms with Gasteiger partial charge in [0.15, 0.2) is 0 Å². The Morgan fingerprint density at radius 2 is 1.93 bits per heavy atom. The maximum Gasteiger partial charge on any atom is 0.0626 e. The van der Waals surface area contributed by atoms with Gasteiger partial charge in [0.25, 0.3) is 0 Å². The number of hydrogen-bond acceptors (Lipinski definition) is 2. The third-order valence-corrected chi connectivity index (χ3v) is 2.45. The van der Waals surface area contributed by atoms with Crippen molar-refractivity contribution in [3.8, 4) is 0 Å². The van der Waals surface area contributed by atoms with E-state index < -0.39 is 0 Å². The van der Waals surface area contributed by atoms with Gasteiger partial charge < -0.3 is 10.4 Å². The minimum absolute atomic E-state index is 0.0608. The molecule has 0 bridgehead atoms. The van der Waals surface area contributed by atoms with Crippen LogP contribution in [0.15, 0.2) is 24.3 Å². The molecule has 1 atom stereocenters. The van der Waals surface area contributed by atoms with Crippen molar-refractivity contribution in [3.05, 3.63) is 35.4 Å². The number of rotatable bonds is 5. The highest BCUT2D eigenvalue weighted by Gasteiger charge is 2.06. The van der Waals surface area contributed by atoms with Crippen LogP contribution in [0.1, 0.15) is 30.5 Å². The lowest BCUT2D eigenvalue weighted by Crippen LogP contribution is -2.19. The zero-order valence-electron chi connectivity index (χ0n) is 8.96. The van der Waals surface area contributed by atoms with Gasteiger partial charge in [0, 0.05) is 0 Å². The third kappa shape index (κ3) is 2.82. The van der Waals surface area contributed by atoms with Crippen LogP contribution in [0.5, 0.6) is 0 Å². The van der Waals surface area contributed by atoms with Crippen LogP contribution in [0.2, 0.25) is 0 Å². The molecule has 2 nitrogen and oxygen atoms in total. The minimum atomic E-state index is 0.0608. The van der Waals surface area contributed by atoms with Gasteiger partial charge in [-0.3, -0.25) is 0 Å². The summed E-state index contributed by atoms with van der Waals surface area (Å²) in [5.41, 5.74) is 2.51. The standard InChI is InChI=1S/C12H19NO/c1-3-4-10-5-7-11(8-6-10)12(9-14)13-2/h5-8,12-14H,3-4,9H2,1-2H3. The normalized spacial score (nSPS) is 12.8. The van der Waals surface area contributed by atoms with E-state index in [0.717, 1.165) is 12.0 Å². The first-order valence-corrected chi connectivity index (χ1v) is 5.18. The molecule has 0 aliphatic heterocycles. The lowest BCUT2D eigenvalue weighted by atomic mass is 10.0. The fourth-order valence-electron chi connectivity index (χ4n) is 1.57. The van der Waals surface area contributed by atoms with Gasteiger partial charge in [0.05, 0.1) is 12.6 Å². The van der Waals surface area contributed by atoms with Gasteiger partial charge in [0.2, 0.25) is 0 Å². The number of hydrogen-bond donors (Lipinski definition) is 2. The van der Waals surface area contributed by atoms with Crippen LogP contribution in [0, 0.1) is 0 Å². The maximum atomic E-state index is 9.09. The monoisotopic (exact) mass is 193 g/mol. The Morgan fingerprint density at radius 3 is 2.36 bits per heavy atom. The number of aryl methyl sites for hydroxylation is 1. The molecule has 0 fully saturated rings. The second-order valence-corrected chi connectivity index (χ2v) is 3.52. The molecule has 0 heterocycles. The largest absolute Gasteiger partial charge is 0.394 e. The predicted octanol–water partition coefficient (Wildman–Crippen LogP) is 1.89. The summed E-state index contributed by atoms with van der Waals surface area (Å²) in [6.07, 6.45) is 2.30. The molecule has 0 amide bonds. The van der Waals surface area contributed by atoms with Crippen LogP contribution < -0.4 is 5.32 Å². The van der Waals surface area contributed by atoms with Crippen LogP contribution >= 0.6 is 0 Å². The lowest BCUT2D eigenvalue weighted by Gasteiger charge is -2.13. The van der Waals surface area contributed by atoms with Crippen molar-refractivity contribution >= 4 is 0 Å². The van der Waals surface area contributed by atoms with Gasteiger partial charge in [0.1, 0.15) is 0 Å². The summed E-state index contributed by atoms with van der Waals surface area (Å²) in [7, 11) is 1.86. The van der Waals surface area contributed by atoms with E-state index in [4.69, 9.17) is 5.11 Å². The molecule has 0 aliphatic rings. The Kier molecular flexibility index (Phi) is 4.63.